The van der Waals surface area contributed by atoms with Crippen molar-refractivity contribution in [1.29, 1.82) is 0 Å². The zero-order valence-electron chi connectivity index (χ0n) is 14.2. The number of hydrogen-bond donors (Lipinski definition) is 1. The smallest absolute Gasteiger partial charge is 0.127 e. The molecular formula is C20H23NO2. The molecule has 0 amide bonds. The lowest BCUT2D eigenvalue weighted by Gasteiger charge is -2.36. The molecule has 2 aromatic rings. The first-order valence-corrected chi connectivity index (χ1v) is 8.02. The highest BCUT2D eigenvalue weighted by Gasteiger charge is 2.32. The fourth-order valence-electron chi connectivity index (χ4n) is 3.12. The summed E-state index contributed by atoms with van der Waals surface area (Å²) >= 11 is 0. The maximum Gasteiger partial charge on any atom is 0.127 e. The Morgan fingerprint density at radius 3 is 2.65 bits per heavy atom. The van der Waals surface area contributed by atoms with E-state index in [0.717, 1.165) is 46.5 Å². The van der Waals surface area contributed by atoms with Crippen molar-refractivity contribution in [3.8, 4) is 11.5 Å². The van der Waals surface area contributed by atoms with Crippen molar-refractivity contribution >= 4 is 6.08 Å². The quantitative estimate of drug-likeness (QED) is 0.887. The van der Waals surface area contributed by atoms with Gasteiger partial charge in [0.25, 0.3) is 0 Å². The zero-order valence-corrected chi connectivity index (χ0v) is 14.2. The average molecular weight is 309 g/mol. The molecule has 1 unspecified atom stereocenters. The van der Waals surface area contributed by atoms with Gasteiger partial charge in [0.05, 0.1) is 5.69 Å². The Balaban J connectivity index is 1.95. The van der Waals surface area contributed by atoms with Gasteiger partial charge in [0.1, 0.15) is 17.1 Å². The number of fused-ring (bicyclic) bond motifs is 1. The third-order valence-electron chi connectivity index (χ3n) is 4.84. The van der Waals surface area contributed by atoms with Crippen LogP contribution in [0.5, 0.6) is 11.5 Å². The minimum absolute atomic E-state index is 0.356. The van der Waals surface area contributed by atoms with E-state index in [0.29, 0.717) is 5.75 Å². The van der Waals surface area contributed by atoms with E-state index in [2.05, 4.69) is 18.0 Å². The van der Waals surface area contributed by atoms with Gasteiger partial charge in [-0.1, -0.05) is 6.07 Å². The van der Waals surface area contributed by atoms with Gasteiger partial charge >= 0.3 is 0 Å². The SMILES string of the molecule is Cc1c(C)c2c(c(C)c1O)CCC(C)(C=Cc1ccccn1)O2. The minimum atomic E-state index is -0.356. The molecule has 120 valence electrons. The van der Waals surface area contributed by atoms with Crippen LogP contribution in [-0.4, -0.2) is 15.7 Å². The molecule has 0 spiro atoms. The number of ether oxygens (including phenoxy) is 1. The summed E-state index contributed by atoms with van der Waals surface area (Å²) in [6, 6.07) is 5.87. The molecule has 3 heteroatoms. The summed E-state index contributed by atoms with van der Waals surface area (Å²) in [6.45, 7) is 8.03. The monoisotopic (exact) mass is 309 g/mol. The second-order valence-corrected chi connectivity index (χ2v) is 6.53. The summed E-state index contributed by atoms with van der Waals surface area (Å²) in [5.41, 5.74) is 4.58. The molecule has 1 atom stereocenters. The lowest BCUT2D eigenvalue weighted by Crippen LogP contribution is -2.35. The Morgan fingerprint density at radius 2 is 1.96 bits per heavy atom. The molecule has 0 saturated carbocycles. The molecule has 1 aliphatic heterocycles. The zero-order chi connectivity index (χ0) is 16.6. The van der Waals surface area contributed by atoms with Crippen molar-refractivity contribution in [3.05, 3.63) is 58.4 Å². The molecule has 2 heterocycles. The van der Waals surface area contributed by atoms with Gasteiger partial charge < -0.3 is 9.84 Å². The van der Waals surface area contributed by atoms with Gasteiger partial charge in [0.2, 0.25) is 0 Å². The van der Waals surface area contributed by atoms with E-state index in [9.17, 15) is 5.11 Å². The molecular weight excluding hydrogens is 286 g/mol. The van der Waals surface area contributed by atoms with E-state index in [1.54, 1.807) is 6.20 Å². The van der Waals surface area contributed by atoms with Crippen molar-refractivity contribution in [1.82, 2.24) is 4.98 Å². The van der Waals surface area contributed by atoms with E-state index in [1.165, 1.54) is 0 Å². The first-order valence-electron chi connectivity index (χ1n) is 8.02. The largest absolute Gasteiger partial charge is 0.507 e. The molecule has 23 heavy (non-hydrogen) atoms. The van der Waals surface area contributed by atoms with E-state index in [1.807, 2.05) is 45.0 Å². The number of phenols is 1. The summed E-state index contributed by atoms with van der Waals surface area (Å²) in [4.78, 5) is 4.32. The maximum atomic E-state index is 10.2. The molecule has 0 saturated heterocycles. The van der Waals surface area contributed by atoms with E-state index < -0.39 is 0 Å². The van der Waals surface area contributed by atoms with Crippen molar-refractivity contribution in [3.63, 3.8) is 0 Å². The summed E-state index contributed by atoms with van der Waals surface area (Å²) in [7, 11) is 0. The van der Waals surface area contributed by atoms with Crippen LogP contribution in [0.4, 0.5) is 0 Å². The molecule has 0 radical (unpaired) electrons. The molecule has 0 bridgehead atoms. The van der Waals surface area contributed by atoms with Crippen LogP contribution in [0, 0.1) is 20.8 Å². The number of rotatable bonds is 2. The predicted molar refractivity (Wildman–Crippen MR) is 92.9 cm³/mol. The Labute approximate surface area is 137 Å². The van der Waals surface area contributed by atoms with Crippen LogP contribution in [0.2, 0.25) is 0 Å². The lowest BCUT2D eigenvalue weighted by atomic mass is 9.87. The maximum absolute atomic E-state index is 10.2. The van der Waals surface area contributed by atoms with Crippen molar-refractivity contribution in [2.24, 2.45) is 0 Å². The summed E-state index contributed by atoms with van der Waals surface area (Å²) in [6.07, 6.45) is 7.68. The average Bonchev–Trinajstić information content (AvgIpc) is 2.57. The first kappa shape index (κ1) is 15.6. The fourth-order valence-corrected chi connectivity index (χ4v) is 3.12. The minimum Gasteiger partial charge on any atom is -0.507 e. The molecule has 1 aromatic heterocycles. The van der Waals surface area contributed by atoms with Crippen molar-refractivity contribution < 1.29 is 9.84 Å². The predicted octanol–water partition coefficient (Wildman–Crippen LogP) is 4.51. The van der Waals surface area contributed by atoms with E-state index >= 15 is 0 Å². The molecule has 3 rings (SSSR count). The topological polar surface area (TPSA) is 42.4 Å². The van der Waals surface area contributed by atoms with Crippen LogP contribution in [0.3, 0.4) is 0 Å². The normalized spacial score (nSPS) is 20.3. The summed E-state index contributed by atoms with van der Waals surface area (Å²) < 4.78 is 6.36. The number of pyridine rings is 1. The first-order chi connectivity index (χ1) is 10.9. The van der Waals surface area contributed by atoms with E-state index in [-0.39, 0.29) is 5.60 Å². The van der Waals surface area contributed by atoms with Crippen LogP contribution in [-0.2, 0) is 6.42 Å². The van der Waals surface area contributed by atoms with Crippen LogP contribution in [0.1, 0.15) is 41.3 Å². The van der Waals surface area contributed by atoms with Crippen LogP contribution in [0.25, 0.3) is 6.08 Å². The highest BCUT2D eigenvalue weighted by atomic mass is 16.5. The third-order valence-corrected chi connectivity index (χ3v) is 4.84. The summed E-state index contributed by atoms with van der Waals surface area (Å²) in [5, 5.41) is 10.2. The van der Waals surface area contributed by atoms with Gasteiger partial charge in [-0.25, -0.2) is 0 Å². The van der Waals surface area contributed by atoms with Crippen LogP contribution < -0.4 is 4.74 Å². The third kappa shape index (κ3) is 2.83. The Kier molecular flexibility index (Phi) is 3.88. The van der Waals surface area contributed by atoms with Gasteiger partial charge in [-0.3, -0.25) is 4.98 Å². The number of aromatic nitrogens is 1. The standard InChI is InChI=1S/C20H23NO2/c1-13-14(2)19-17(15(3)18(13)22)9-11-20(4,23-19)10-8-16-7-5-6-12-21-16/h5-8,10,12,22H,9,11H2,1-4H3. The molecule has 1 N–H and O–H groups in total. The van der Waals surface area contributed by atoms with Gasteiger partial charge in [-0.05, 0) is 81.5 Å². The van der Waals surface area contributed by atoms with Gasteiger partial charge in [-0.2, -0.15) is 0 Å². The lowest BCUT2D eigenvalue weighted by molar-refractivity contribution is 0.113. The van der Waals surface area contributed by atoms with Crippen LogP contribution >= 0.6 is 0 Å². The second-order valence-electron chi connectivity index (χ2n) is 6.53. The highest BCUT2D eigenvalue weighted by molar-refractivity contribution is 5.59. The van der Waals surface area contributed by atoms with Crippen molar-refractivity contribution in [2.75, 3.05) is 0 Å². The summed E-state index contributed by atoms with van der Waals surface area (Å²) in [5.74, 6) is 1.33. The van der Waals surface area contributed by atoms with Gasteiger partial charge in [0, 0.05) is 11.8 Å². The number of aromatic hydroxyl groups is 1. The Morgan fingerprint density at radius 1 is 1.17 bits per heavy atom. The number of hydrogen-bond acceptors (Lipinski definition) is 3. The molecule has 1 aliphatic rings. The van der Waals surface area contributed by atoms with Gasteiger partial charge in [0.15, 0.2) is 0 Å². The van der Waals surface area contributed by atoms with Crippen LogP contribution in [0.15, 0.2) is 30.5 Å². The molecule has 0 fully saturated rings. The molecule has 1 aromatic carbocycles. The Bertz CT molecular complexity index is 765. The molecule has 3 nitrogen and oxygen atoms in total. The highest BCUT2D eigenvalue weighted by Crippen LogP contribution is 2.43. The fraction of sp³-hybridized carbons (Fsp3) is 0.350. The van der Waals surface area contributed by atoms with Gasteiger partial charge in [-0.15, -0.1) is 0 Å². The van der Waals surface area contributed by atoms with Crippen molar-refractivity contribution in [2.45, 2.75) is 46.1 Å². The molecule has 0 aliphatic carbocycles. The second kappa shape index (κ2) is 5.73. The van der Waals surface area contributed by atoms with E-state index in [4.69, 9.17) is 4.74 Å². The number of phenolic OH excluding ortho intramolecular Hbond substituents is 1. The number of nitrogens with zero attached hydrogens (tertiary/aromatic N) is 1. The Hall–Kier alpha value is -2.29. The number of benzene rings is 1.